The molecule has 7 heteroatoms. The summed E-state index contributed by atoms with van der Waals surface area (Å²) in [7, 11) is 1.54. The Morgan fingerprint density at radius 3 is 2.78 bits per heavy atom. The van der Waals surface area contributed by atoms with E-state index in [0.29, 0.717) is 12.0 Å². The summed E-state index contributed by atoms with van der Waals surface area (Å²) in [5.41, 5.74) is 1.55. The molecule has 0 unspecified atom stereocenters. The van der Waals surface area contributed by atoms with Crippen LogP contribution >= 0.6 is 0 Å². The lowest BCUT2D eigenvalue weighted by molar-refractivity contribution is 0.239. The van der Waals surface area contributed by atoms with Crippen molar-refractivity contribution in [2.24, 2.45) is 0 Å². The Bertz CT molecular complexity index is 1130. The fourth-order valence-electron chi connectivity index (χ4n) is 2.66. The van der Waals surface area contributed by atoms with E-state index in [1.165, 1.54) is 13.2 Å². The molecule has 7 nitrogen and oxygen atoms in total. The van der Waals surface area contributed by atoms with Crippen LogP contribution in [0.15, 0.2) is 44.3 Å². The third-order valence-electron chi connectivity index (χ3n) is 3.77. The van der Waals surface area contributed by atoms with Crippen molar-refractivity contribution in [3.05, 3.63) is 67.8 Å². The maximum Gasteiger partial charge on any atom is 0.337 e. The van der Waals surface area contributed by atoms with Crippen LogP contribution in [0.2, 0.25) is 0 Å². The monoisotopic (exact) mass is 366 g/mol. The molecular formula is C20H18N2O5. The maximum absolute atomic E-state index is 12.5. The highest BCUT2D eigenvalue weighted by molar-refractivity contribution is 5.76. The Kier molecular flexibility index (Phi) is 5.69. The van der Waals surface area contributed by atoms with E-state index in [2.05, 4.69) is 21.8 Å². The molecule has 0 amide bonds. The van der Waals surface area contributed by atoms with Crippen LogP contribution in [0, 0.1) is 18.8 Å². The Morgan fingerprint density at radius 2 is 2.00 bits per heavy atom. The summed E-state index contributed by atoms with van der Waals surface area (Å²) in [5, 5.41) is 0.230. The SMILES string of the molecule is COCC#CCOc1nc2oc(=O)cc(Cc3cccc(C)c3)c2c(=O)[nH]1. The minimum absolute atomic E-state index is 0.0189. The van der Waals surface area contributed by atoms with E-state index < -0.39 is 11.2 Å². The summed E-state index contributed by atoms with van der Waals surface area (Å²) in [5.74, 6) is 5.43. The molecule has 3 rings (SSSR count). The topological polar surface area (TPSA) is 94.4 Å². The number of benzene rings is 1. The van der Waals surface area contributed by atoms with Gasteiger partial charge in [0.1, 0.15) is 12.0 Å². The van der Waals surface area contributed by atoms with Crippen LogP contribution in [0.4, 0.5) is 0 Å². The van der Waals surface area contributed by atoms with Crippen LogP contribution in [0.25, 0.3) is 11.1 Å². The molecule has 0 saturated heterocycles. The predicted octanol–water partition coefficient (Wildman–Crippen LogP) is 1.80. The zero-order chi connectivity index (χ0) is 19.2. The molecule has 2 aromatic heterocycles. The van der Waals surface area contributed by atoms with Gasteiger partial charge in [-0.3, -0.25) is 9.78 Å². The predicted molar refractivity (Wildman–Crippen MR) is 100 cm³/mol. The molecule has 27 heavy (non-hydrogen) atoms. The van der Waals surface area contributed by atoms with Gasteiger partial charge >= 0.3 is 11.6 Å². The number of methoxy groups -OCH3 is 1. The number of aromatic nitrogens is 2. The van der Waals surface area contributed by atoms with Crippen molar-refractivity contribution in [3.8, 4) is 17.9 Å². The summed E-state index contributed by atoms with van der Waals surface area (Å²) >= 11 is 0. The van der Waals surface area contributed by atoms with Crippen LogP contribution in [0.5, 0.6) is 6.01 Å². The van der Waals surface area contributed by atoms with E-state index in [0.717, 1.165) is 11.1 Å². The highest BCUT2D eigenvalue weighted by Gasteiger charge is 2.14. The first kappa shape index (κ1) is 18.4. The Hall–Kier alpha value is -3.37. The smallest absolute Gasteiger partial charge is 0.337 e. The van der Waals surface area contributed by atoms with E-state index in [4.69, 9.17) is 13.9 Å². The standard InChI is InChI=1S/C20H18N2O5/c1-13-6-5-7-14(10-13)11-15-12-16(23)27-19-17(15)18(24)21-20(22-19)26-9-4-3-8-25-2/h5-7,10,12H,8-9,11H2,1-2H3,(H,21,22,24). The van der Waals surface area contributed by atoms with Gasteiger partial charge in [-0.2, -0.15) is 4.98 Å². The van der Waals surface area contributed by atoms with Gasteiger partial charge in [-0.05, 0) is 24.5 Å². The lowest BCUT2D eigenvalue weighted by atomic mass is 10.0. The van der Waals surface area contributed by atoms with Gasteiger partial charge in [0.2, 0.25) is 5.71 Å². The molecule has 0 aliphatic heterocycles. The summed E-state index contributed by atoms with van der Waals surface area (Å²) in [6, 6.07) is 9.10. The number of fused-ring (bicyclic) bond motifs is 1. The Morgan fingerprint density at radius 1 is 1.19 bits per heavy atom. The van der Waals surface area contributed by atoms with Gasteiger partial charge in [0.25, 0.3) is 5.56 Å². The second-order valence-corrected chi connectivity index (χ2v) is 5.88. The first-order chi connectivity index (χ1) is 13.1. The summed E-state index contributed by atoms with van der Waals surface area (Å²) in [4.78, 5) is 31.1. The largest absolute Gasteiger partial charge is 0.451 e. The number of rotatable bonds is 5. The highest BCUT2D eigenvalue weighted by atomic mass is 16.5. The van der Waals surface area contributed by atoms with Gasteiger partial charge in [-0.15, -0.1) is 0 Å². The molecule has 1 aromatic carbocycles. The number of hydrogen-bond donors (Lipinski definition) is 1. The molecule has 0 aliphatic rings. The van der Waals surface area contributed by atoms with Crippen LogP contribution in [-0.2, 0) is 11.2 Å². The molecular weight excluding hydrogens is 348 g/mol. The van der Waals surface area contributed by atoms with E-state index in [1.807, 2.05) is 31.2 Å². The maximum atomic E-state index is 12.5. The van der Waals surface area contributed by atoms with Gasteiger partial charge in [-0.25, -0.2) is 4.79 Å². The van der Waals surface area contributed by atoms with Crippen molar-refractivity contribution in [3.63, 3.8) is 0 Å². The van der Waals surface area contributed by atoms with Crippen LogP contribution < -0.4 is 15.9 Å². The van der Waals surface area contributed by atoms with Crippen molar-refractivity contribution < 1.29 is 13.9 Å². The summed E-state index contributed by atoms with van der Waals surface area (Å²) in [6.07, 6.45) is 0.414. The minimum Gasteiger partial charge on any atom is -0.451 e. The molecule has 2 heterocycles. The minimum atomic E-state index is -0.575. The molecule has 0 fully saturated rings. The third-order valence-corrected chi connectivity index (χ3v) is 3.77. The fourth-order valence-corrected chi connectivity index (χ4v) is 2.66. The average Bonchev–Trinajstić information content (AvgIpc) is 2.61. The number of aryl methyl sites for hydroxylation is 1. The van der Waals surface area contributed by atoms with Crippen molar-refractivity contribution in [2.75, 3.05) is 20.3 Å². The van der Waals surface area contributed by atoms with Crippen molar-refractivity contribution in [1.29, 1.82) is 0 Å². The zero-order valence-corrected chi connectivity index (χ0v) is 15.0. The molecule has 0 saturated carbocycles. The van der Waals surface area contributed by atoms with E-state index in [-0.39, 0.29) is 30.3 Å². The molecule has 138 valence electrons. The third kappa shape index (κ3) is 4.63. The number of nitrogens with zero attached hydrogens (tertiary/aromatic N) is 1. The number of ether oxygens (including phenoxy) is 2. The summed E-state index contributed by atoms with van der Waals surface area (Å²) in [6.45, 7) is 2.28. The molecule has 3 aromatic rings. The quantitative estimate of drug-likeness (QED) is 0.692. The first-order valence-electron chi connectivity index (χ1n) is 8.27. The molecule has 1 N–H and O–H groups in total. The average molecular weight is 366 g/mol. The van der Waals surface area contributed by atoms with Gasteiger partial charge in [0, 0.05) is 13.2 Å². The molecule has 0 atom stereocenters. The number of nitrogens with one attached hydrogen (secondary N) is 1. The van der Waals surface area contributed by atoms with Crippen molar-refractivity contribution in [2.45, 2.75) is 13.3 Å². The molecule has 0 radical (unpaired) electrons. The van der Waals surface area contributed by atoms with Crippen LogP contribution in [0.1, 0.15) is 16.7 Å². The number of aromatic amines is 1. The second-order valence-electron chi connectivity index (χ2n) is 5.88. The molecule has 0 bridgehead atoms. The molecule has 0 spiro atoms. The van der Waals surface area contributed by atoms with Gasteiger partial charge < -0.3 is 13.9 Å². The Labute approximate surface area is 155 Å². The van der Waals surface area contributed by atoms with E-state index in [9.17, 15) is 9.59 Å². The zero-order valence-electron chi connectivity index (χ0n) is 15.0. The number of hydrogen-bond acceptors (Lipinski definition) is 6. The fraction of sp³-hybridized carbons (Fsp3) is 0.250. The van der Waals surface area contributed by atoms with Gasteiger partial charge in [0.15, 0.2) is 6.61 Å². The highest BCUT2D eigenvalue weighted by Crippen LogP contribution is 2.17. The summed E-state index contributed by atoms with van der Waals surface area (Å²) < 4.78 is 15.2. The number of H-pyrrole nitrogens is 1. The van der Waals surface area contributed by atoms with Crippen LogP contribution in [-0.4, -0.2) is 30.3 Å². The lowest BCUT2D eigenvalue weighted by Crippen LogP contribution is -2.15. The Balaban J connectivity index is 1.96. The van der Waals surface area contributed by atoms with Crippen LogP contribution in [0.3, 0.4) is 0 Å². The normalized spacial score (nSPS) is 10.4. The van der Waals surface area contributed by atoms with E-state index in [1.54, 1.807) is 0 Å². The second kappa shape index (κ2) is 8.34. The first-order valence-corrected chi connectivity index (χ1v) is 8.27. The lowest BCUT2D eigenvalue weighted by Gasteiger charge is -2.07. The van der Waals surface area contributed by atoms with Crippen molar-refractivity contribution >= 4 is 11.1 Å². The van der Waals surface area contributed by atoms with Gasteiger partial charge in [-0.1, -0.05) is 41.7 Å². The van der Waals surface area contributed by atoms with Gasteiger partial charge in [0.05, 0.1) is 0 Å². The molecule has 0 aliphatic carbocycles. The van der Waals surface area contributed by atoms with Crippen molar-refractivity contribution in [1.82, 2.24) is 9.97 Å². The van der Waals surface area contributed by atoms with E-state index >= 15 is 0 Å².